The summed E-state index contributed by atoms with van der Waals surface area (Å²) in [6.45, 7) is 2.03. The average Bonchev–Trinajstić information content (AvgIpc) is 2.72. The Balaban J connectivity index is 1.69. The maximum atomic E-state index is 13.3. The first-order valence-electron chi connectivity index (χ1n) is 8.72. The number of aromatic nitrogens is 1. The van der Waals surface area contributed by atoms with Gasteiger partial charge in [-0.1, -0.05) is 0 Å². The first-order chi connectivity index (χ1) is 14.0. The number of carbonyl (C=O) groups is 2. The van der Waals surface area contributed by atoms with Crippen molar-refractivity contribution in [3.8, 4) is 0 Å². The molecule has 0 bridgehead atoms. The van der Waals surface area contributed by atoms with Gasteiger partial charge in [-0.2, -0.15) is 0 Å². The summed E-state index contributed by atoms with van der Waals surface area (Å²) in [5, 5.41) is 5.56. The summed E-state index contributed by atoms with van der Waals surface area (Å²) in [4.78, 5) is 28.0. The van der Waals surface area contributed by atoms with Crippen molar-refractivity contribution in [1.82, 2.24) is 4.98 Å². The Morgan fingerprint density at radius 3 is 2.31 bits per heavy atom. The molecule has 0 atom stereocenters. The summed E-state index contributed by atoms with van der Waals surface area (Å²) in [5.74, 6) is -2.98. The van der Waals surface area contributed by atoms with E-state index < -0.39 is 23.5 Å². The highest BCUT2D eigenvalue weighted by molar-refractivity contribution is 6.04. The summed E-state index contributed by atoms with van der Waals surface area (Å²) in [6.07, 6.45) is 2.87. The number of pyridine rings is 1. The molecule has 148 valence electrons. The molecule has 0 unspecified atom stereocenters. The van der Waals surface area contributed by atoms with Gasteiger partial charge in [0.15, 0.2) is 11.6 Å². The standard InChI is InChI=1S/C21H17F2N3O3/c1-2-29-21(28)13-3-5-15(6-4-13)25-17-9-14(11-24-12-17)20(27)26-16-7-8-18(22)19(23)10-16/h3-12,25H,2H2,1H3,(H,26,27). The van der Waals surface area contributed by atoms with E-state index in [-0.39, 0.29) is 11.3 Å². The Bertz CT molecular complexity index is 1040. The van der Waals surface area contributed by atoms with Crippen LogP contribution in [0.1, 0.15) is 27.6 Å². The molecule has 3 rings (SSSR count). The number of anilines is 3. The molecule has 0 aliphatic carbocycles. The predicted molar refractivity (Wildman–Crippen MR) is 104 cm³/mol. The maximum Gasteiger partial charge on any atom is 0.338 e. The lowest BCUT2D eigenvalue weighted by atomic mass is 10.2. The van der Waals surface area contributed by atoms with Crippen LogP contribution < -0.4 is 10.6 Å². The molecule has 1 heterocycles. The van der Waals surface area contributed by atoms with Crippen LogP contribution in [0.25, 0.3) is 0 Å². The molecule has 1 aromatic heterocycles. The molecular formula is C21H17F2N3O3. The molecule has 29 heavy (non-hydrogen) atoms. The van der Waals surface area contributed by atoms with Crippen LogP contribution in [0, 0.1) is 11.6 Å². The lowest BCUT2D eigenvalue weighted by Gasteiger charge is -2.09. The molecule has 8 heteroatoms. The van der Waals surface area contributed by atoms with E-state index in [9.17, 15) is 18.4 Å². The number of hydrogen-bond acceptors (Lipinski definition) is 5. The molecule has 2 N–H and O–H groups in total. The number of esters is 1. The summed E-state index contributed by atoms with van der Waals surface area (Å²) in [6, 6.07) is 11.3. The summed E-state index contributed by atoms with van der Waals surface area (Å²) in [7, 11) is 0. The van der Waals surface area contributed by atoms with Crippen LogP contribution >= 0.6 is 0 Å². The zero-order valence-corrected chi connectivity index (χ0v) is 15.4. The second kappa shape index (κ2) is 8.92. The number of ether oxygens (including phenoxy) is 1. The molecule has 6 nitrogen and oxygen atoms in total. The van der Waals surface area contributed by atoms with Gasteiger partial charge in [-0.15, -0.1) is 0 Å². The third kappa shape index (κ3) is 5.13. The van der Waals surface area contributed by atoms with Crippen molar-refractivity contribution in [2.45, 2.75) is 6.92 Å². The number of nitrogens with one attached hydrogen (secondary N) is 2. The number of benzene rings is 2. The second-order valence-corrected chi connectivity index (χ2v) is 5.97. The lowest BCUT2D eigenvalue weighted by molar-refractivity contribution is 0.0526. The Kier molecular flexibility index (Phi) is 6.13. The highest BCUT2D eigenvalue weighted by atomic mass is 19.2. The minimum atomic E-state index is -1.05. The van der Waals surface area contributed by atoms with Gasteiger partial charge in [0.2, 0.25) is 0 Å². The fourth-order valence-corrected chi connectivity index (χ4v) is 2.48. The molecular weight excluding hydrogens is 380 g/mol. The van der Waals surface area contributed by atoms with E-state index in [1.54, 1.807) is 37.3 Å². The average molecular weight is 397 g/mol. The van der Waals surface area contributed by atoms with Crippen molar-refractivity contribution in [3.05, 3.63) is 83.7 Å². The Hall–Kier alpha value is -3.81. The number of carbonyl (C=O) groups excluding carboxylic acids is 2. The normalized spacial score (nSPS) is 10.3. The summed E-state index contributed by atoms with van der Waals surface area (Å²) < 4.78 is 31.2. The summed E-state index contributed by atoms with van der Waals surface area (Å²) in [5.41, 5.74) is 1.99. The maximum absolute atomic E-state index is 13.3. The van der Waals surface area contributed by atoms with Crippen molar-refractivity contribution in [2.75, 3.05) is 17.2 Å². The van der Waals surface area contributed by atoms with Gasteiger partial charge in [0.1, 0.15) is 0 Å². The molecule has 2 aromatic carbocycles. The third-order valence-electron chi connectivity index (χ3n) is 3.86. The van der Waals surface area contributed by atoms with Crippen molar-refractivity contribution in [2.24, 2.45) is 0 Å². The Morgan fingerprint density at radius 2 is 1.62 bits per heavy atom. The van der Waals surface area contributed by atoms with Crippen LogP contribution in [-0.2, 0) is 4.74 Å². The monoisotopic (exact) mass is 397 g/mol. The second-order valence-electron chi connectivity index (χ2n) is 5.97. The number of amides is 1. The van der Waals surface area contributed by atoms with Crippen molar-refractivity contribution in [3.63, 3.8) is 0 Å². The highest BCUT2D eigenvalue weighted by Gasteiger charge is 2.10. The lowest BCUT2D eigenvalue weighted by Crippen LogP contribution is -2.12. The zero-order valence-electron chi connectivity index (χ0n) is 15.4. The first kappa shape index (κ1) is 19.9. The summed E-state index contributed by atoms with van der Waals surface area (Å²) >= 11 is 0. The van der Waals surface area contributed by atoms with Crippen molar-refractivity contribution >= 4 is 28.9 Å². The molecule has 0 spiro atoms. The molecule has 0 radical (unpaired) electrons. The van der Waals surface area contributed by atoms with Gasteiger partial charge in [0.05, 0.1) is 29.6 Å². The molecule has 3 aromatic rings. The molecule has 0 aliphatic rings. The van der Waals surface area contributed by atoms with Gasteiger partial charge in [-0.25, -0.2) is 13.6 Å². The number of nitrogens with zero attached hydrogens (tertiary/aromatic N) is 1. The SMILES string of the molecule is CCOC(=O)c1ccc(Nc2cncc(C(=O)Nc3ccc(F)c(F)c3)c2)cc1. The molecule has 0 saturated heterocycles. The Morgan fingerprint density at radius 1 is 0.897 bits per heavy atom. The van der Waals surface area contributed by atoms with E-state index in [2.05, 4.69) is 15.6 Å². The van der Waals surface area contributed by atoms with Crippen LogP contribution in [0.15, 0.2) is 60.9 Å². The molecule has 0 saturated carbocycles. The van der Waals surface area contributed by atoms with Crippen LogP contribution in [-0.4, -0.2) is 23.5 Å². The zero-order chi connectivity index (χ0) is 20.8. The number of halogens is 2. The number of hydrogen-bond donors (Lipinski definition) is 2. The minimum Gasteiger partial charge on any atom is -0.462 e. The van der Waals surface area contributed by atoms with Gasteiger partial charge in [-0.05, 0) is 49.4 Å². The van der Waals surface area contributed by atoms with Gasteiger partial charge < -0.3 is 15.4 Å². The van der Waals surface area contributed by atoms with Crippen LogP contribution in [0.4, 0.5) is 25.8 Å². The Labute approximate surface area is 165 Å². The highest BCUT2D eigenvalue weighted by Crippen LogP contribution is 2.19. The van der Waals surface area contributed by atoms with Crippen LogP contribution in [0.3, 0.4) is 0 Å². The number of rotatable bonds is 6. The van der Waals surface area contributed by atoms with Gasteiger partial charge in [0, 0.05) is 23.6 Å². The fraction of sp³-hybridized carbons (Fsp3) is 0.0952. The van der Waals surface area contributed by atoms with E-state index in [1.165, 1.54) is 18.5 Å². The topological polar surface area (TPSA) is 80.3 Å². The molecule has 1 amide bonds. The smallest absolute Gasteiger partial charge is 0.338 e. The van der Waals surface area contributed by atoms with Gasteiger partial charge in [-0.3, -0.25) is 9.78 Å². The predicted octanol–water partition coefficient (Wildman–Crippen LogP) is 4.53. The quantitative estimate of drug-likeness (QED) is 0.598. The van der Waals surface area contributed by atoms with Crippen LogP contribution in [0.5, 0.6) is 0 Å². The third-order valence-corrected chi connectivity index (χ3v) is 3.86. The fourth-order valence-electron chi connectivity index (χ4n) is 2.48. The van der Waals surface area contributed by atoms with Crippen molar-refractivity contribution < 1.29 is 23.1 Å². The largest absolute Gasteiger partial charge is 0.462 e. The molecule has 0 aliphatic heterocycles. The van der Waals surface area contributed by atoms with E-state index in [0.717, 1.165) is 12.1 Å². The van der Waals surface area contributed by atoms with Gasteiger partial charge in [0.25, 0.3) is 5.91 Å². The van der Waals surface area contributed by atoms with Crippen LogP contribution in [0.2, 0.25) is 0 Å². The minimum absolute atomic E-state index is 0.127. The first-order valence-corrected chi connectivity index (χ1v) is 8.72. The van der Waals surface area contributed by atoms with Gasteiger partial charge >= 0.3 is 5.97 Å². The van der Waals surface area contributed by atoms with E-state index in [1.807, 2.05) is 0 Å². The van der Waals surface area contributed by atoms with E-state index in [4.69, 9.17) is 4.74 Å². The van der Waals surface area contributed by atoms with Crippen molar-refractivity contribution in [1.29, 1.82) is 0 Å². The van der Waals surface area contributed by atoms with E-state index >= 15 is 0 Å². The van der Waals surface area contributed by atoms with E-state index in [0.29, 0.717) is 23.5 Å². The molecule has 0 fully saturated rings.